The second-order valence-electron chi connectivity index (χ2n) is 8.50. The first-order valence-electron chi connectivity index (χ1n) is 11.2. The van der Waals surface area contributed by atoms with Crippen LogP contribution in [-0.2, 0) is 19.9 Å². The quantitative estimate of drug-likeness (QED) is 0.290. The molecule has 0 radical (unpaired) electrons. The molecule has 5 rings (SSSR count). The van der Waals surface area contributed by atoms with Crippen LogP contribution in [-0.4, -0.2) is 24.4 Å². The van der Waals surface area contributed by atoms with Gasteiger partial charge in [0.15, 0.2) is 11.6 Å². The lowest BCUT2D eigenvalue weighted by Gasteiger charge is -2.11. The number of aryl methyl sites for hydroxylation is 2. The summed E-state index contributed by atoms with van der Waals surface area (Å²) >= 11 is 5.73. The molecule has 0 unspecified atom stereocenters. The summed E-state index contributed by atoms with van der Waals surface area (Å²) in [4.78, 5) is 14.9. The van der Waals surface area contributed by atoms with Gasteiger partial charge >= 0.3 is 0 Å². The minimum absolute atomic E-state index is 0.682. The van der Waals surface area contributed by atoms with Gasteiger partial charge in [0.25, 0.3) is 0 Å². The van der Waals surface area contributed by atoms with Crippen LogP contribution in [0.4, 0.5) is 11.5 Å². The third kappa shape index (κ3) is 4.87. The first-order chi connectivity index (χ1) is 16.5. The standard InChI is InChI=1S/C28H25N5S/c1-19-5-3-6-20(15-19)17-24(34)18-21-7-4-8-22(16-21)27-31-25-11-14-33(2)26(25)28(32-27)30-23-9-12-29-13-10-23/h3-16H,17-18H2,1-2H3,(H,29,30,31,32). The number of nitrogens with zero attached hydrogens (tertiary/aromatic N) is 4. The Morgan fingerprint density at radius 3 is 2.41 bits per heavy atom. The summed E-state index contributed by atoms with van der Waals surface area (Å²) in [6, 6.07) is 22.7. The van der Waals surface area contributed by atoms with Crippen LogP contribution >= 0.6 is 12.2 Å². The lowest BCUT2D eigenvalue weighted by molar-refractivity contribution is 0.964. The van der Waals surface area contributed by atoms with E-state index in [1.807, 2.05) is 42.1 Å². The summed E-state index contributed by atoms with van der Waals surface area (Å²) in [5.41, 5.74) is 7.42. The highest BCUT2D eigenvalue weighted by Gasteiger charge is 2.13. The molecule has 1 N–H and O–H groups in total. The number of anilines is 2. The molecule has 0 saturated carbocycles. The lowest BCUT2D eigenvalue weighted by Crippen LogP contribution is -2.05. The molecular weight excluding hydrogens is 438 g/mol. The molecule has 0 aliphatic heterocycles. The van der Waals surface area contributed by atoms with Gasteiger partial charge in [-0.3, -0.25) is 4.98 Å². The molecule has 0 atom stereocenters. The molecule has 168 valence electrons. The van der Waals surface area contributed by atoms with Gasteiger partial charge in [-0.2, -0.15) is 0 Å². The van der Waals surface area contributed by atoms with Crippen LogP contribution in [0.3, 0.4) is 0 Å². The predicted molar refractivity (Wildman–Crippen MR) is 143 cm³/mol. The van der Waals surface area contributed by atoms with Crippen molar-refractivity contribution >= 4 is 39.6 Å². The molecule has 5 aromatic rings. The van der Waals surface area contributed by atoms with Crippen molar-refractivity contribution in [3.8, 4) is 11.4 Å². The molecule has 0 spiro atoms. The Hall–Kier alpha value is -3.90. The van der Waals surface area contributed by atoms with E-state index in [0.29, 0.717) is 5.82 Å². The van der Waals surface area contributed by atoms with Crippen LogP contribution in [0.1, 0.15) is 16.7 Å². The number of pyridine rings is 1. The summed E-state index contributed by atoms with van der Waals surface area (Å²) in [6.45, 7) is 2.11. The number of benzene rings is 2. The van der Waals surface area contributed by atoms with E-state index in [2.05, 4.69) is 59.7 Å². The van der Waals surface area contributed by atoms with Gasteiger partial charge < -0.3 is 9.88 Å². The molecule has 0 bridgehead atoms. The second-order valence-corrected chi connectivity index (χ2v) is 9.08. The van der Waals surface area contributed by atoms with Gasteiger partial charge in [-0.1, -0.05) is 60.2 Å². The average Bonchev–Trinajstić information content (AvgIpc) is 3.21. The molecule has 0 aliphatic rings. The summed E-state index contributed by atoms with van der Waals surface area (Å²) in [6.07, 6.45) is 7.06. The zero-order valence-corrected chi connectivity index (χ0v) is 20.0. The number of nitrogens with one attached hydrogen (secondary N) is 1. The first kappa shape index (κ1) is 21.9. The van der Waals surface area contributed by atoms with Crippen LogP contribution in [0.2, 0.25) is 0 Å². The van der Waals surface area contributed by atoms with Gasteiger partial charge in [0.2, 0.25) is 0 Å². The number of rotatable bonds is 7. The number of hydrogen-bond acceptors (Lipinski definition) is 5. The SMILES string of the molecule is Cc1cccc(CC(=S)Cc2cccc(-c3nc(Nc4ccncc4)c4c(ccn4C)n3)c2)c1. The maximum Gasteiger partial charge on any atom is 0.162 e. The molecule has 5 nitrogen and oxygen atoms in total. The highest BCUT2D eigenvalue weighted by molar-refractivity contribution is 7.80. The van der Waals surface area contributed by atoms with E-state index in [0.717, 1.165) is 51.4 Å². The minimum Gasteiger partial charge on any atom is -0.346 e. The fraction of sp³-hybridized carbons (Fsp3) is 0.143. The van der Waals surface area contributed by atoms with Crippen molar-refractivity contribution in [3.05, 3.63) is 102 Å². The highest BCUT2D eigenvalue weighted by atomic mass is 32.1. The first-order valence-corrected chi connectivity index (χ1v) is 11.6. The summed E-state index contributed by atoms with van der Waals surface area (Å²) in [5, 5.41) is 3.43. The largest absolute Gasteiger partial charge is 0.346 e. The van der Waals surface area contributed by atoms with Crippen LogP contribution < -0.4 is 5.32 Å². The predicted octanol–water partition coefficient (Wildman–Crippen LogP) is 6.24. The Morgan fingerprint density at radius 1 is 0.912 bits per heavy atom. The number of hydrogen-bond donors (Lipinski definition) is 1. The topological polar surface area (TPSA) is 55.6 Å². The van der Waals surface area contributed by atoms with Gasteiger partial charge in [-0.25, -0.2) is 9.97 Å². The van der Waals surface area contributed by atoms with Gasteiger partial charge in [0, 0.05) is 54.6 Å². The van der Waals surface area contributed by atoms with E-state index in [1.54, 1.807) is 12.4 Å². The van der Waals surface area contributed by atoms with Crippen molar-refractivity contribution in [2.24, 2.45) is 7.05 Å². The molecule has 2 aromatic carbocycles. The molecule has 34 heavy (non-hydrogen) atoms. The Kier molecular flexibility index (Phi) is 6.14. The zero-order chi connectivity index (χ0) is 23.5. The molecule has 0 saturated heterocycles. The van der Waals surface area contributed by atoms with Gasteiger partial charge in [-0.05, 0) is 42.3 Å². The summed E-state index contributed by atoms with van der Waals surface area (Å²) in [5.74, 6) is 1.45. The Bertz CT molecular complexity index is 1470. The van der Waals surface area contributed by atoms with E-state index < -0.39 is 0 Å². The van der Waals surface area contributed by atoms with Crippen molar-refractivity contribution in [1.82, 2.24) is 19.5 Å². The average molecular weight is 464 g/mol. The number of thiocarbonyl (C=S) groups is 1. The van der Waals surface area contributed by atoms with Crippen molar-refractivity contribution in [2.45, 2.75) is 19.8 Å². The summed E-state index contributed by atoms with van der Waals surface area (Å²) in [7, 11) is 2.00. The molecule has 3 heterocycles. The van der Waals surface area contributed by atoms with E-state index >= 15 is 0 Å². The zero-order valence-electron chi connectivity index (χ0n) is 19.2. The van der Waals surface area contributed by atoms with Crippen LogP contribution in [0, 0.1) is 6.92 Å². The monoisotopic (exact) mass is 463 g/mol. The Balaban J connectivity index is 1.43. The molecule has 0 fully saturated rings. The molecular formula is C28H25N5S. The second kappa shape index (κ2) is 9.53. The Labute approximate surface area is 204 Å². The van der Waals surface area contributed by atoms with E-state index in [1.165, 1.54) is 11.1 Å². The third-order valence-corrected chi connectivity index (χ3v) is 6.02. The van der Waals surface area contributed by atoms with E-state index in [4.69, 9.17) is 22.2 Å². The fourth-order valence-corrected chi connectivity index (χ4v) is 4.47. The van der Waals surface area contributed by atoms with Gasteiger partial charge in [-0.15, -0.1) is 0 Å². The van der Waals surface area contributed by atoms with Crippen molar-refractivity contribution in [3.63, 3.8) is 0 Å². The van der Waals surface area contributed by atoms with Gasteiger partial charge in [0.05, 0.1) is 5.52 Å². The van der Waals surface area contributed by atoms with Crippen LogP contribution in [0.25, 0.3) is 22.4 Å². The van der Waals surface area contributed by atoms with Gasteiger partial charge in [0.1, 0.15) is 5.52 Å². The highest BCUT2D eigenvalue weighted by Crippen LogP contribution is 2.28. The smallest absolute Gasteiger partial charge is 0.162 e. The molecule has 6 heteroatoms. The third-order valence-electron chi connectivity index (χ3n) is 5.73. The Morgan fingerprint density at radius 2 is 1.65 bits per heavy atom. The fourth-order valence-electron chi connectivity index (χ4n) is 4.14. The minimum atomic E-state index is 0.682. The summed E-state index contributed by atoms with van der Waals surface area (Å²) < 4.78 is 2.03. The molecule has 3 aromatic heterocycles. The van der Waals surface area contributed by atoms with E-state index in [-0.39, 0.29) is 0 Å². The maximum absolute atomic E-state index is 5.73. The van der Waals surface area contributed by atoms with Crippen LogP contribution in [0.15, 0.2) is 85.3 Å². The number of fused-ring (bicyclic) bond motifs is 1. The van der Waals surface area contributed by atoms with Crippen molar-refractivity contribution in [1.29, 1.82) is 0 Å². The maximum atomic E-state index is 5.73. The lowest BCUT2D eigenvalue weighted by atomic mass is 10.0. The van der Waals surface area contributed by atoms with Crippen molar-refractivity contribution < 1.29 is 0 Å². The molecule has 0 amide bonds. The number of aromatic nitrogens is 4. The normalized spacial score (nSPS) is 11.0. The van der Waals surface area contributed by atoms with Crippen LogP contribution in [0.5, 0.6) is 0 Å². The van der Waals surface area contributed by atoms with E-state index in [9.17, 15) is 0 Å². The van der Waals surface area contributed by atoms with Crippen molar-refractivity contribution in [2.75, 3.05) is 5.32 Å². The molecule has 0 aliphatic carbocycles.